The second kappa shape index (κ2) is 6.39. The SMILES string of the molecule is CC(C)c1cccc2c1c(S(=O)O)cn2S(=O)c1ccccc1. The van der Waals surface area contributed by atoms with E-state index < -0.39 is 22.1 Å². The van der Waals surface area contributed by atoms with Gasteiger partial charge in [-0.25, -0.2) is 8.42 Å². The molecule has 2 aromatic carbocycles. The van der Waals surface area contributed by atoms with Gasteiger partial charge in [0.25, 0.3) is 0 Å². The van der Waals surface area contributed by atoms with Gasteiger partial charge >= 0.3 is 0 Å². The third-order valence-electron chi connectivity index (χ3n) is 3.73. The van der Waals surface area contributed by atoms with Gasteiger partial charge in [-0.15, -0.1) is 0 Å². The Morgan fingerprint density at radius 2 is 1.70 bits per heavy atom. The maximum absolute atomic E-state index is 12.9. The van der Waals surface area contributed by atoms with Crippen LogP contribution in [0.2, 0.25) is 0 Å². The van der Waals surface area contributed by atoms with Crippen molar-refractivity contribution in [1.29, 1.82) is 0 Å². The summed E-state index contributed by atoms with van der Waals surface area (Å²) in [4.78, 5) is 0.947. The highest BCUT2D eigenvalue weighted by Gasteiger charge is 2.20. The van der Waals surface area contributed by atoms with E-state index in [-0.39, 0.29) is 5.92 Å². The summed E-state index contributed by atoms with van der Waals surface area (Å²) < 4.78 is 35.9. The van der Waals surface area contributed by atoms with Crippen molar-refractivity contribution < 1.29 is 13.0 Å². The Hall–Kier alpha value is -1.76. The zero-order valence-electron chi connectivity index (χ0n) is 12.8. The fourth-order valence-electron chi connectivity index (χ4n) is 2.65. The predicted octanol–water partition coefficient (Wildman–Crippen LogP) is 3.92. The third kappa shape index (κ3) is 2.89. The molecule has 1 heterocycles. The van der Waals surface area contributed by atoms with E-state index >= 15 is 0 Å². The molecule has 0 spiro atoms. The summed E-state index contributed by atoms with van der Waals surface area (Å²) in [5, 5.41) is 0.715. The van der Waals surface area contributed by atoms with Crippen molar-refractivity contribution in [3.8, 4) is 0 Å². The Bertz CT molecular complexity index is 901. The van der Waals surface area contributed by atoms with E-state index in [1.165, 1.54) is 6.20 Å². The molecular weight excluding hydrogens is 330 g/mol. The van der Waals surface area contributed by atoms with Crippen molar-refractivity contribution >= 4 is 33.0 Å². The van der Waals surface area contributed by atoms with Crippen LogP contribution in [0.3, 0.4) is 0 Å². The van der Waals surface area contributed by atoms with Crippen molar-refractivity contribution in [2.75, 3.05) is 0 Å². The Labute approximate surface area is 140 Å². The number of hydrogen-bond acceptors (Lipinski definition) is 2. The highest BCUT2D eigenvalue weighted by Crippen LogP contribution is 2.32. The third-order valence-corrected chi connectivity index (χ3v) is 5.75. The number of rotatable bonds is 4. The van der Waals surface area contributed by atoms with Gasteiger partial charge in [0.2, 0.25) is 0 Å². The van der Waals surface area contributed by atoms with Gasteiger partial charge in [-0.2, -0.15) is 0 Å². The molecule has 0 saturated carbocycles. The van der Waals surface area contributed by atoms with Gasteiger partial charge in [-0.05, 0) is 29.7 Å². The van der Waals surface area contributed by atoms with Gasteiger partial charge in [-0.1, -0.05) is 44.2 Å². The van der Waals surface area contributed by atoms with E-state index in [9.17, 15) is 13.0 Å². The van der Waals surface area contributed by atoms with Crippen LogP contribution >= 0.6 is 0 Å². The fraction of sp³-hybridized carbons (Fsp3) is 0.176. The zero-order chi connectivity index (χ0) is 16.6. The summed E-state index contributed by atoms with van der Waals surface area (Å²) in [6.07, 6.45) is 1.52. The summed E-state index contributed by atoms with van der Waals surface area (Å²) in [6.45, 7) is 4.06. The molecule has 0 aliphatic heterocycles. The van der Waals surface area contributed by atoms with Crippen molar-refractivity contribution in [2.45, 2.75) is 29.6 Å². The Morgan fingerprint density at radius 1 is 1.00 bits per heavy atom. The van der Waals surface area contributed by atoms with Crippen LogP contribution in [-0.2, 0) is 22.1 Å². The lowest BCUT2D eigenvalue weighted by Gasteiger charge is -2.09. The first kappa shape index (κ1) is 16.1. The molecule has 6 heteroatoms. The quantitative estimate of drug-likeness (QED) is 0.728. The Morgan fingerprint density at radius 3 is 2.30 bits per heavy atom. The molecule has 0 radical (unpaired) electrons. The second-order valence-electron chi connectivity index (χ2n) is 5.53. The number of fused-ring (bicyclic) bond motifs is 1. The molecule has 0 aliphatic rings. The predicted molar refractivity (Wildman–Crippen MR) is 93.3 cm³/mol. The molecule has 4 nitrogen and oxygen atoms in total. The van der Waals surface area contributed by atoms with Crippen LogP contribution in [0, 0.1) is 0 Å². The molecule has 0 aliphatic carbocycles. The average molecular weight is 347 g/mol. The standard InChI is InChI=1S/C17H17NO3S2/c1-12(2)14-9-6-10-15-17(14)16(23(20)21)11-18(15)22(19)13-7-4-3-5-8-13/h3-12H,1-2H3,(H,20,21). The van der Waals surface area contributed by atoms with E-state index in [0.29, 0.717) is 20.7 Å². The topological polar surface area (TPSA) is 59.3 Å². The molecular formula is C17H17NO3S2. The molecule has 2 atom stereocenters. The van der Waals surface area contributed by atoms with Gasteiger partial charge in [0.15, 0.2) is 22.1 Å². The van der Waals surface area contributed by atoms with Crippen LogP contribution < -0.4 is 0 Å². The van der Waals surface area contributed by atoms with Gasteiger partial charge in [0.1, 0.15) is 0 Å². The van der Waals surface area contributed by atoms with Gasteiger partial charge < -0.3 is 4.55 Å². The minimum Gasteiger partial charge on any atom is -0.302 e. The highest BCUT2D eigenvalue weighted by molar-refractivity contribution is 7.84. The lowest BCUT2D eigenvalue weighted by molar-refractivity contribution is 0.565. The molecule has 0 bridgehead atoms. The monoisotopic (exact) mass is 347 g/mol. The number of hydrogen-bond donors (Lipinski definition) is 1. The van der Waals surface area contributed by atoms with E-state index in [1.54, 1.807) is 16.1 Å². The van der Waals surface area contributed by atoms with E-state index in [2.05, 4.69) is 0 Å². The van der Waals surface area contributed by atoms with Gasteiger partial charge in [0, 0.05) is 11.6 Å². The van der Waals surface area contributed by atoms with E-state index in [1.807, 2.05) is 50.2 Å². The number of benzene rings is 2. The molecule has 3 aromatic rings. The molecule has 2 unspecified atom stereocenters. The first-order valence-electron chi connectivity index (χ1n) is 7.23. The molecule has 0 fully saturated rings. The Balaban J connectivity index is 2.29. The minimum atomic E-state index is -2.14. The van der Waals surface area contributed by atoms with Crippen LogP contribution in [0.15, 0.2) is 64.5 Å². The fourth-order valence-corrected chi connectivity index (χ4v) is 4.46. The van der Waals surface area contributed by atoms with Crippen LogP contribution in [0.4, 0.5) is 0 Å². The van der Waals surface area contributed by atoms with Crippen molar-refractivity contribution in [2.24, 2.45) is 0 Å². The zero-order valence-corrected chi connectivity index (χ0v) is 14.4. The van der Waals surface area contributed by atoms with Gasteiger partial charge in [0.05, 0.1) is 15.3 Å². The molecule has 23 heavy (non-hydrogen) atoms. The molecule has 120 valence electrons. The molecule has 3 rings (SSSR count). The van der Waals surface area contributed by atoms with Crippen LogP contribution in [0.25, 0.3) is 10.9 Å². The molecule has 0 amide bonds. The number of nitrogens with zero attached hydrogens (tertiary/aromatic N) is 1. The maximum atomic E-state index is 12.9. The summed E-state index contributed by atoms with van der Waals surface area (Å²) in [7, 11) is -1.47. The van der Waals surface area contributed by atoms with Crippen LogP contribution in [0.1, 0.15) is 25.3 Å². The molecule has 1 aromatic heterocycles. The van der Waals surface area contributed by atoms with Crippen molar-refractivity contribution in [3.63, 3.8) is 0 Å². The second-order valence-corrected chi connectivity index (χ2v) is 7.83. The van der Waals surface area contributed by atoms with Crippen molar-refractivity contribution in [1.82, 2.24) is 3.97 Å². The maximum Gasteiger partial charge on any atom is 0.188 e. The average Bonchev–Trinajstić information content (AvgIpc) is 2.94. The lowest BCUT2D eigenvalue weighted by atomic mass is 9.99. The summed E-state index contributed by atoms with van der Waals surface area (Å²) in [5.74, 6) is 0.196. The largest absolute Gasteiger partial charge is 0.302 e. The van der Waals surface area contributed by atoms with Crippen molar-refractivity contribution in [3.05, 3.63) is 60.3 Å². The summed E-state index contributed by atoms with van der Waals surface area (Å²) in [6, 6.07) is 14.7. The summed E-state index contributed by atoms with van der Waals surface area (Å²) >= 11 is -2.14. The first-order chi connectivity index (χ1) is 11.0. The van der Waals surface area contributed by atoms with E-state index in [0.717, 1.165) is 5.56 Å². The number of aromatic nitrogens is 1. The first-order valence-corrected chi connectivity index (χ1v) is 9.44. The van der Waals surface area contributed by atoms with E-state index in [4.69, 9.17) is 0 Å². The highest BCUT2D eigenvalue weighted by atomic mass is 32.2. The normalized spacial score (nSPS) is 14.3. The summed E-state index contributed by atoms with van der Waals surface area (Å²) in [5.41, 5.74) is 1.68. The smallest absolute Gasteiger partial charge is 0.188 e. The molecule has 0 saturated heterocycles. The Kier molecular flexibility index (Phi) is 4.48. The van der Waals surface area contributed by atoms with Gasteiger partial charge in [-0.3, -0.25) is 3.97 Å². The van der Waals surface area contributed by atoms with Crippen LogP contribution in [0.5, 0.6) is 0 Å². The molecule has 1 N–H and O–H groups in total. The van der Waals surface area contributed by atoms with Crippen LogP contribution in [-0.4, -0.2) is 16.9 Å². The lowest BCUT2D eigenvalue weighted by Crippen LogP contribution is -2.03. The minimum absolute atomic E-state index is 0.196.